The van der Waals surface area contributed by atoms with Gasteiger partial charge in [0.2, 0.25) is 0 Å². The van der Waals surface area contributed by atoms with Crippen molar-refractivity contribution in [3.63, 3.8) is 0 Å². The first-order valence-electron chi connectivity index (χ1n) is 4.06. The first kappa shape index (κ1) is 11.1. The van der Waals surface area contributed by atoms with E-state index in [2.05, 4.69) is 5.32 Å². The molecule has 0 amide bonds. The number of furan rings is 1. The number of rotatable bonds is 4. The third-order valence-corrected chi connectivity index (χ3v) is 1.54. The zero-order valence-electron chi connectivity index (χ0n) is 7.40. The van der Waals surface area contributed by atoms with E-state index in [0.717, 1.165) is 0 Å². The lowest BCUT2D eigenvalue weighted by Crippen LogP contribution is -2.28. The van der Waals surface area contributed by atoms with Crippen LogP contribution in [0.1, 0.15) is 11.5 Å². The van der Waals surface area contributed by atoms with E-state index in [1.54, 1.807) is 12.1 Å². The molecular formula is C8H11F3N2O. The van der Waals surface area contributed by atoms with E-state index in [-0.39, 0.29) is 13.1 Å². The van der Waals surface area contributed by atoms with Crippen LogP contribution < -0.4 is 11.1 Å². The summed E-state index contributed by atoms with van der Waals surface area (Å²) in [6.45, 7) is -0.718. The first-order chi connectivity index (χ1) is 6.51. The highest BCUT2D eigenvalue weighted by atomic mass is 19.4. The van der Waals surface area contributed by atoms with Gasteiger partial charge in [0, 0.05) is 0 Å². The van der Waals surface area contributed by atoms with Crippen molar-refractivity contribution in [2.75, 3.05) is 6.54 Å². The molecule has 14 heavy (non-hydrogen) atoms. The molecule has 1 aromatic heterocycles. The van der Waals surface area contributed by atoms with Gasteiger partial charge in [-0.15, -0.1) is 0 Å². The summed E-state index contributed by atoms with van der Waals surface area (Å²) in [5.74, 6) is 1.02. The Labute approximate surface area is 79.1 Å². The molecule has 0 atom stereocenters. The minimum absolute atomic E-state index is 0.0551. The van der Waals surface area contributed by atoms with Gasteiger partial charge in [0.25, 0.3) is 0 Å². The Kier molecular flexibility index (Phi) is 3.54. The molecule has 0 bridgehead atoms. The van der Waals surface area contributed by atoms with Gasteiger partial charge < -0.3 is 15.5 Å². The number of nitrogens with one attached hydrogen (secondary N) is 1. The predicted octanol–water partition coefficient (Wildman–Crippen LogP) is 1.39. The van der Waals surface area contributed by atoms with Crippen molar-refractivity contribution in [1.82, 2.24) is 5.32 Å². The molecule has 0 fully saturated rings. The normalized spacial score (nSPS) is 12.0. The van der Waals surface area contributed by atoms with Crippen molar-refractivity contribution >= 4 is 0 Å². The van der Waals surface area contributed by atoms with E-state index in [9.17, 15) is 13.2 Å². The molecule has 0 unspecified atom stereocenters. The monoisotopic (exact) mass is 208 g/mol. The fourth-order valence-electron chi connectivity index (χ4n) is 0.954. The van der Waals surface area contributed by atoms with Gasteiger partial charge in [-0.25, -0.2) is 0 Å². The van der Waals surface area contributed by atoms with Crippen LogP contribution in [0.15, 0.2) is 16.5 Å². The highest BCUT2D eigenvalue weighted by Gasteiger charge is 2.26. The molecule has 1 aromatic rings. The van der Waals surface area contributed by atoms with Crippen LogP contribution in [-0.2, 0) is 13.1 Å². The second-order valence-corrected chi connectivity index (χ2v) is 2.79. The van der Waals surface area contributed by atoms with Crippen molar-refractivity contribution in [2.45, 2.75) is 19.3 Å². The van der Waals surface area contributed by atoms with Gasteiger partial charge in [-0.3, -0.25) is 0 Å². The molecule has 1 rings (SSSR count). The molecule has 0 aromatic carbocycles. The zero-order valence-corrected chi connectivity index (χ0v) is 7.40. The van der Waals surface area contributed by atoms with Crippen molar-refractivity contribution in [3.8, 4) is 0 Å². The maximum Gasteiger partial charge on any atom is 0.401 e. The molecule has 1 heterocycles. The minimum atomic E-state index is -4.19. The lowest BCUT2D eigenvalue weighted by atomic mass is 10.4. The minimum Gasteiger partial charge on any atom is -0.463 e. The Morgan fingerprint density at radius 2 is 1.93 bits per heavy atom. The summed E-state index contributed by atoms with van der Waals surface area (Å²) in [7, 11) is 0. The van der Waals surface area contributed by atoms with Crippen molar-refractivity contribution in [2.24, 2.45) is 5.73 Å². The van der Waals surface area contributed by atoms with E-state index in [1.807, 2.05) is 0 Å². The van der Waals surface area contributed by atoms with Crippen LogP contribution in [0.5, 0.6) is 0 Å². The van der Waals surface area contributed by atoms with Gasteiger partial charge in [0.05, 0.1) is 19.6 Å². The maximum absolute atomic E-state index is 11.7. The van der Waals surface area contributed by atoms with Crippen molar-refractivity contribution < 1.29 is 17.6 Å². The van der Waals surface area contributed by atoms with Gasteiger partial charge in [-0.05, 0) is 12.1 Å². The summed E-state index contributed by atoms with van der Waals surface area (Å²) >= 11 is 0. The molecule has 80 valence electrons. The third-order valence-electron chi connectivity index (χ3n) is 1.54. The summed E-state index contributed by atoms with van der Waals surface area (Å²) < 4.78 is 40.2. The van der Waals surface area contributed by atoms with E-state index in [4.69, 9.17) is 10.2 Å². The van der Waals surface area contributed by atoms with Crippen LogP contribution in [0.4, 0.5) is 13.2 Å². The summed E-state index contributed by atoms with van der Waals surface area (Å²) in [5, 5.41) is 2.22. The molecule has 0 saturated heterocycles. The summed E-state index contributed by atoms with van der Waals surface area (Å²) in [6.07, 6.45) is -4.19. The van der Waals surface area contributed by atoms with Crippen LogP contribution in [0.25, 0.3) is 0 Å². The molecular weight excluding hydrogens is 197 g/mol. The lowest BCUT2D eigenvalue weighted by molar-refractivity contribution is -0.125. The predicted molar refractivity (Wildman–Crippen MR) is 44.4 cm³/mol. The van der Waals surface area contributed by atoms with Crippen LogP contribution in [0.2, 0.25) is 0 Å². The molecule has 3 N–H and O–H groups in total. The Morgan fingerprint density at radius 1 is 1.29 bits per heavy atom. The SMILES string of the molecule is NCc1ccc(CNCC(F)(F)F)o1. The van der Waals surface area contributed by atoms with E-state index < -0.39 is 12.7 Å². The molecule has 0 radical (unpaired) electrons. The average Bonchev–Trinajstić information content (AvgIpc) is 2.50. The molecule has 0 aliphatic rings. The lowest BCUT2D eigenvalue weighted by Gasteiger charge is -2.06. The molecule has 6 heteroatoms. The third kappa shape index (κ3) is 3.80. The molecule has 0 saturated carbocycles. The Morgan fingerprint density at radius 3 is 2.43 bits per heavy atom. The Balaban J connectivity index is 2.31. The summed E-state index contributed by atoms with van der Waals surface area (Å²) in [5.41, 5.74) is 5.27. The second-order valence-electron chi connectivity index (χ2n) is 2.79. The number of hydrogen-bond acceptors (Lipinski definition) is 3. The van der Waals surface area contributed by atoms with Crippen molar-refractivity contribution in [3.05, 3.63) is 23.7 Å². The maximum atomic E-state index is 11.7. The first-order valence-corrected chi connectivity index (χ1v) is 4.06. The molecule has 0 aliphatic heterocycles. The highest BCUT2D eigenvalue weighted by molar-refractivity contribution is 5.06. The van der Waals surface area contributed by atoms with Crippen molar-refractivity contribution in [1.29, 1.82) is 0 Å². The number of halogens is 3. The quantitative estimate of drug-likeness (QED) is 0.786. The fraction of sp³-hybridized carbons (Fsp3) is 0.500. The Bertz CT molecular complexity index is 282. The van der Waals surface area contributed by atoms with Crippen LogP contribution in [-0.4, -0.2) is 12.7 Å². The zero-order chi connectivity index (χ0) is 10.6. The van der Waals surface area contributed by atoms with Gasteiger partial charge >= 0.3 is 6.18 Å². The van der Waals surface area contributed by atoms with Crippen LogP contribution in [0, 0.1) is 0 Å². The van der Waals surface area contributed by atoms with Crippen LogP contribution in [0.3, 0.4) is 0 Å². The molecule has 3 nitrogen and oxygen atoms in total. The molecule has 0 spiro atoms. The fourth-order valence-corrected chi connectivity index (χ4v) is 0.954. The van der Waals surface area contributed by atoms with Gasteiger partial charge in [0.15, 0.2) is 0 Å². The number of nitrogens with two attached hydrogens (primary N) is 1. The van der Waals surface area contributed by atoms with Crippen LogP contribution >= 0.6 is 0 Å². The highest BCUT2D eigenvalue weighted by Crippen LogP contribution is 2.13. The second kappa shape index (κ2) is 4.47. The Hall–Kier alpha value is -1.01. The van der Waals surface area contributed by atoms with E-state index >= 15 is 0 Å². The van der Waals surface area contributed by atoms with Gasteiger partial charge in [-0.1, -0.05) is 0 Å². The standard InChI is InChI=1S/C8H11F3N2O/c9-8(10,11)5-13-4-7-2-1-6(3-12)14-7/h1-2,13H,3-5,12H2. The summed E-state index contributed by atoms with van der Waals surface area (Å²) in [6, 6.07) is 3.25. The number of hydrogen-bond donors (Lipinski definition) is 2. The smallest absolute Gasteiger partial charge is 0.401 e. The summed E-state index contributed by atoms with van der Waals surface area (Å²) in [4.78, 5) is 0. The van der Waals surface area contributed by atoms with E-state index in [0.29, 0.717) is 11.5 Å². The van der Waals surface area contributed by atoms with E-state index in [1.165, 1.54) is 0 Å². The largest absolute Gasteiger partial charge is 0.463 e. The number of alkyl halides is 3. The topological polar surface area (TPSA) is 51.2 Å². The molecule has 0 aliphatic carbocycles. The van der Waals surface area contributed by atoms with Gasteiger partial charge in [0.1, 0.15) is 11.5 Å². The van der Waals surface area contributed by atoms with Gasteiger partial charge in [-0.2, -0.15) is 13.2 Å². The average molecular weight is 208 g/mol.